The van der Waals surface area contributed by atoms with Crippen LogP contribution in [0.5, 0.6) is 0 Å². The summed E-state index contributed by atoms with van der Waals surface area (Å²) < 4.78 is 0. The van der Waals surface area contributed by atoms with Crippen molar-refractivity contribution in [3.05, 3.63) is 30.1 Å². The van der Waals surface area contributed by atoms with E-state index in [1.54, 1.807) is 6.20 Å². The Kier molecular flexibility index (Phi) is 8.59. The van der Waals surface area contributed by atoms with Crippen molar-refractivity contribution >= 4 is 12.0 Å². The Morgan fingerprint density at radius 2 is 2.19 bits per heavy atom. The molecule has 0 aliphatic rings. The van der Waals surface area contributed by atoms with Crippen LogP contribution in [0.1, 0.15) is 38.3 Å². The van der Waals surface area contributed by atoms with Crippen LogP contribution in [0.2, 0.25) is 0 Å². The molecule has 0 fully saturated rings. The maximum atomic E-state index is 11.0. The number of pyridine rings is 1. The maximum Gasteiger partial charge on any atom is 0.318 e. The van der Waals surface area contributed by atoms with Gasteiger partial charge >= 0.3 is 6.03 Å². The SMILES string of the molecule is CCCCCCN=C(NCCc1ccccn1)NC(N)=O. The molecule has 1 aromatic heterocycles. The van der Waals surface area contributed by atoms with E-state index in [0.717, 1.165) is 25.0 Å². The zero-order valence-electron chi connectivity index (χ0n) is 12.6. The molecule has 21 heavy (non-hydrogen) atoms. The van der Waals surface area contributed by atoms with Crippen molar-refractivity contribution in [3.63, 3.8) is 0 Å². The maximum absolute atomic E-state index is 11.0. The molecule has 6 heteroatoms. The third kappa shape index (κ3) is 8.62. The highest BCUT2D eigenvalue weighted by Crippen LogP contribution is 1.98. The highest BCUT2D eigenvalue weighted by atomic mass is 16.2. The fraction of sp³-hybridized carbons (Fsp3) is 0.533. The number of aromatic nitrogens is 1. The molecule has 0 aliphatic heterocycles. The van der Waals surface area contributed by atoms with Crippen molar-refractivity contribution in [1.82, 2.24) is 15.6 Å². The van der Waals surface area contributed by atoms with Crippen molar-refractivity contribution in [2.75, 3.05) is 13.1 Å². The first-order valence-electron chi connectivity index (χ1n) is 7.47. The standard InChI is InChI=1S/C15H25N5O/c1-2-3-4-6-11-18-15(20-14(16)21)19-12-9-13-8-5-7-10-17-13/h5,7-8,10H,2-4,6,9,11-12H2,1H3,(H4,16,18,19,20,21). The van der Waals surface area contributed by atoms with Crippen LogP contribution in [0, 0.1) is 0 Å². The van der Waals surface area contributed by atoms with E-state index in [0.29, 0.717) is 19.0 Å². The van der Waals surface area contributed by atoms with E-state index in [2.05, 4.69) is 27.5 Å². The second kappa shape index (κ2) is 10.7. The van der Waals surface area contributed by atoms with Gasteiger partial charge < -0.3 is 11.1 Å². The third-order valence-electron chi connectivity index (χ3n) is 2.92. The summed E-state index contributed by atoms with van der Waals surface area (Å²) in [6.45, 7) is 3.50. The number of amides is 2. The Hall–Kier alpha value is -2.11. The quantitative estimate of drug-likeness (QED) is 0.387. The molecule has 0 saturated carbocycles. The van der Waals surface area contributed by atoms with E-state index in [1.165, 1.54) is 12.8 Å². The minimum Gasteiger partial charge on any atom is -0.356 e. The van der Waals surface area contributed by atoms with Gasteiger partial charge in [-0.3, -0.25) is 15.3 Å². The fourth-order valence-electron chi connectivity index (χ4n) is 1.84. The number of nitrogens with two attached hydrogens (primary N) is 1. The third-order valence-corrected chi connectivity index (χ3v) is 2.92. The lowest BCUT2D eigenvalue weighted by atomic mass is 10.2. The van der Waals surface area contributed by atoms with Gasteiger partial charge in [-0.05, 0) is 18.6 Å². The average molecular weight is 291 g/mol. The lowest BCUT2D eigenvalue weighted by Gasteiger charge is -2.10. The van der Waals surface area contributed by atoms with Crippen LogP contribution in [-0.4, -0.2) is 30.1 Å². The number of rotatable bonds is 8. The Morgan fingerprint density at radius 3 is 2.86 bits per heavy atom. The first-order chi connectivity index (χ1) is 10.2. The number of carbonyl (C=O) groups is 1. The second-order valence-electron chi connectivity index (χ2n) is 4.78. The lowest BCUT2D eigenvalue weighted by molar-refractivity contribution is 0.253. The minimum absolute atomic E-state index is 0.440. The molecule has 6 nitrogen and oxygen atoms in total. The molecule has 116 valence electrons. The number of aliphatic imine (C=N–C) groups is 1. The zero-order chi connectivity index (χ0) is 15.3. The van der Waals surface area contributed by atoms with Gasteiger partial charge in [-0.1, -0.05) is 32.3 Å². The molecule has 0 aromatic carbocycles. The summed E-state index contributed by atoms with van der Waals surface area (Å²) in [5.74, 6) is 0.440. The summed E-state index contributed by atoms with van der Waals surface area (Å²) in [4.78, 5) is 19.5. The number of unbranched alkanes of at least 4 members (excludes halogenated alkanes) is 3. The Morgan fingerprint density at radius 1 is 1.33 bits per heavy atom. The van der Waals surface area contributed by atoms with Gasteiger partial charge in [0.25, 0.3) is 0 Å². The fourth-order valence-corrected chi connectivity index (χ4v) is 1.84. The Labute approximate surface area is 126 Å². The van der Waals surface area contributed by atoms with Crippen molar-refractivity contribution in [3.8, 4) is 0 Å². The van der Waals surface area contributed by atoms with Crippen LogP contribution in [0.3, 0.4) is 0 Å². The zero-order valence-corrected chi connectivity index (χ0v) is 12.6. The second-order valence-corrected chi connectivity index (χ2v) is 4.78. The minimum atomic E-state index is -0.604. The van der Waals surface area contributed by atoms with E-state index >= 15 is 0 Å². The van der Waals surface area contributed by atoms with Gasteiger partial charge in [0.05, 0.1) is 0 Å². The number of primary amides is 1. The van der Waals surface area contributed by atoms with Crippen LogP contribution >= 0.6 is 0 Å². The first kappa shape index (κ1) is 16.9. The number of guanidine groups is 1. The molecule has 0 unspecified atom stereocenters. The van der Waals surface area contributed by atoms with Gasteiger partial charge in [-0.15, -0.1) is 0 Å². The summed E-state index contributed by atoms with van der Waals surface area (Å²) in [5, 5.41) is 5.60. The summed E-state index contributed by atoms with van der Waals surface area (Å²) in [5.41, 5.74) is 6.14. The van der Waals surface area contributed by atoms with E-state index in [-0.39, 0.29) is 0 Å². The summed E-state index contributed by atoms with van der Waals surface area (Å²) in [6, 6.07) is 5.19. The van der Waals surface area contributed by atoms with E-state index in [9.17, 15) is 4.79 Å². The monoisotopic (exact) mass is 291 g/mol. The topological polar surface area (TPSA) is 92.4 Å². The van der Waals surface area contributed by atoms with Crippen LogP contribution in [-0.2, 0) is 6.42 Å². The molecule has 4 N–H and O–H groups in total. The smallest absolute Gasteiger partial charge is 0.318 e. The molecule has 0 aliphatic carbocycles. The number of urea groups is 1. The predicted octanol–water partition coefficient (Wildman–Crippen LogP) is 1.82. The molecule has 1 heterocycles. The molecule has 0 atom stereocenters. The van der Waals surface area contributed by atoms with Crippen LogP contribution in [0.25, 0.3) is 0 Å². The van der Waals surface area contributed by atoms with Gasteiger partial charge in [0.2, 0.25) is 0 Å². The molecule has 0 bridgehead atoms. The Balaban J connectivity index is 2.34. The molecular weight excluding hydrogens is 266 g/mol. The summed E-state index contributed by atoms with van der Waals surface area (Å²) in [6.07, 6.45) is 7.09. The highest BCUT2D eigenvalue weighted by molar-refractivity contribution is 5.95. The van der Waals surface area contributed by atoms with Crippen molar-refractivity contribution in [1.29, 1.82) is 0 Å². The average Bonchev–Trinajstić information content (AvgIpc) is 2.47. The normalized spacial score (nSPS) is 11.2. The van der Waals surface area contributed by atoms with E-state index < -0.39 is 6.03 Å². The van der Waals surface area contributed by atoms with E-state index in [1.807, 2.05) is 18.2 Å². The number of nitrogens with zero attached hydrogens (tertiary/aromatic N) is 2. The first-order valence-corrected chi connectivity index (χ1v) is 7.47. The number of hydrogen-bond acceptors (Lipinski definition) is 3. The van der Waals surface area contributed by atoms with Crippen molar-refractivity contribution < 1.29 is 4.79 Å². The molecule has 0 spiro atoms. The molecule has 1 rings (SSSR count). The van der Waals surface area contributed by atoms with Gasteiger partial charge in [0, 0.05) is 31.4 Å². The van der Waals surface area contributed by atoms with Crippen LogP contribution < -0.4 is 16.4 Å². The summed E-state index contributed by atoms with van der Waals surface area (Å²) >= 11 is 0. The van der Waals surface area contributed by atoms with Crippen molar-refractivity contribution in [2.45, 2.75) is 39.0 Å². The van der Waals surface area contributed by atoms with Gasteiger partial charge in [-0.2, -0.15) is 0 Å². The molecule has 1 aromatic rings. The largest absolute Gasteiger partial charge is 0.356 e. The van der Waals surface area contributed by atoms with Crippen LogP contribution in [0.4, 0.5) is 4.79 Å². The summed E-state index contributed by atoms with van der Waals surface area (Å²) in [7, 11) is 0. The molecule has 2 amide bonds. The highest BCUT2D eigenvalue weighted by Gasteiger charge is 2.01. The van der Waals surface area contributed by atoms with Crippen molar-refractivity contribution in [2.24, 2.45) is 10.7 Å². The van der Waals surface area contributed by atoms with Crippen LogP contribution in [0.15, 0.2) is 29.4 Å². The molecule has 0 saturated heterocycles. The number of nitrogens with one attached hydrogen (secondary N) is 2. The molecule has 0 radical (unpaired) electrons. The molecular formula is C15H25N5O. The number of hydrogen-bond donors (Lipinski definition) is 3. The van der Waals surface area contributed by atoms with Gasteiger partial charge in [0.1, 0.15) is 0 Å². The lowest BCUT2D eigenvalue weighted by Crippen LogP contribution is -2.44. The van der Waals surface area contributed by atoms with Gasteiger partial charge in [0.15, 0.2) is 5.96 Å². The predicted molar refractivity (Wildman–Crippen MR) is 85.1 cm³/mol. The van der Waals surface area contributed by atoms with Gasteiger partial charge in [-0.25, -0.2) is 4.79 Å². The Bertz CT molecular complexity index is 433. The van der Waals surface area contributed by atoms with E-state index in [4.69, 9.17) is 5.73 Å². The number of carbonyl (C=O) groups excluding carboxylic acids is 1.